The summed E-state index contributed by atoms with van der Waals surface area (Å²) in [5.74, 6) is 2.81. The van der Waals surface area contributed by atoms with Crippen LogP contribution >= 0.6 is 0 Å². The second-order valence-electron chi connectivity index (χ2n) is 11.7. The van der Waals surface area contributed by atoms with Crippen molar-refractivity contribution in [1.82, 2.24) is 5.32 Å². The molecule has 1 heterocycles. The monoisotopic (exact) mass is 465 g/mol. The minimum Gasteiger partial charge on any atom is -0.387 e. The van der Waals surface area contributed by atoms with Crippen molar-refractivity contribution in [2.75, 3.05) is 0 Å². The molecule has 0 amide bonds. The molecular weight excluding hydrogens is 418 g/mol. The normalized spacial score (nSPS) is 31.5. The third-order valence-electron chi connectivity index (χ3n) is 8.84. The number of nitrogens with two attached hydrogens (primary N) is 1. The Balaban J connectivity index is 1.45. The molecule has 0 radical (unpaired) electrons. The zero-order valence-electron chi connectivity index (χ0n) is 21.4. The fraction of sp³-hybridized carbons (Fsp3) is 0.733. The van der Waals surface area contributed by atoms with Gasteiger partial charge in [-0.25, -0.2) is 0 Å². The lowest BCUT2D eigenvalue weighted by atomic mass is 9.71. The summed E-state index contributed by atoms with van der Waals surface area (Å²) in [7, 11) is 0. The molecule has 3 aliphatic rings. The van der Waals surface area contributed by atoms with Gasteiger partial charge >= 0.3 is 0 Å². The highest BCUT2D eigenvalue weighted by atomic mass is 16.1. The Morgan fingerprint density at radius 1 is 1.00 bits per heavy atom. The van der Waals surface area contributed by atoms with E-state index in [1.807, 2.05) is 0 Å². The standard InChI is InChI=1S/C30H47N3O/c1-23-15-16-29(31)33-30(28(34)19-23,18-17-24-9-4-2-5-10-24)21-26-13-8-14-27(20-26)32-22-25-11-6-3-7-12-25/h3,6-7,11-12,23-24,26-27,32H,2,4-5,8-10,13-22H2,1H3,(H2,31,33)/t23?,26-,27+,30-/m1/s1. The summed E-state index contributed by atoms with van der Waals surface area (Å²) in [5, 5.41) is 3.81. The molecule has 0 bridgehead atoms. The lowest BCUT2D eigenvalue weighted by Gasteiger charge is -2.39. The Labute approximate surface area is 207 Å². The van der Waals surface area contributed by atoms with E-state index >= 15 is 0 Å². The molecule has 1 aliphatic heterocycles. The number of aliphatic imine (C=N–C) groups is 1. The van der Waals surface area contributed by atoms with Gasteiger partial charge in [0.15, 0.2) is 5.78 Å². The van der Waals surface area contributed by atoms with Crippen molar-refractivity contribution >= 4 is 11.6 Å². The number of carbonyl (C=O) groups excluding carboxylic acids is 1. The number of carbonyl (C=O) groups is 1. The van der Waals surface area contributed by atoms with Gasteiger partial charge in [0.1, 0.15) is 5.54 Å². The van der Waals surface area contributed by atoms with Crippen LogP contribution in [0.5, 0.6) is 0 Å². The van der Waals surface area contributed by atoms with E-state index in [0.29, 0.717) is 30.1 Å². The molecular formula is C30H47N3O. The van der Waals surface area contributed by atoms with Crippen LogP contribution in [0.2, 0.25) is 0 Å². The second-order valence-corrected chi connectivity index (χ2v) is 11.7. The summed E-state index contributed by atoms with van der Waals surface area (Å²) in [6.07, 6.45) is 17.0. The van der Waals surface area contributed by atoms with Crippen LogP contribution in [0, 0.1) is 17.8 Å². The van der Waals surface area contributed by atoms with E-state index in [9.17, 15) is 4.79 Å². The summed E-state index contributed by atoms with van der Waals surface area (Å²) in [6, 6.07) is 11.2. The van der Waals surface area contributed by atoms with Gasteiger partial charge < -0.3 is 11.1 Å². The van der Waals surface area contributed by atoms with Crippen molar-refractivity contribution in [2.24, 2.45) is 28.5 Å². The molecule has 4 rings (SSSR count). The number of amidine groups is 1. The Bertz CT molecular complexity index is 801. The highest BCUT2D eigenvalue weighted by molar-refractivity contribution is 5.93. The van der Waals surface area contributed by atoms with Gasteiger partial charge in [-0.05, 0) is 61.8 Å². The summed E-state index contributed by atoms with van der Waals surface area (Å²) in [4.78, 5) is 18.9. The van der Waals surface area contributed by atoms with Gasteiger partial charge in [-0.3, -0.25) is 9.79 Å². The third kappa shape index (κ3) is 7.16. The highest BCUT2D eigenvalue weighted by Crippen LogP contribution is 2.40. The molecule has 2 fully saturated rings. The molecule has 0 aromatic heterocycles. The Morgan fingerprint density at radius 2 is 1.76 bits per heavy atom. The van der Waals surface area contributed by atoms with E-state index in [1.165, 1.54) is 56.9 Å². The van der Waals surface area contributed by atoms with Crippen molar-refractivity contribution in [1.29, 1.82) is 0 Å². The van der Waals surface area contributed by atoms with Gasteiger partial charge in [0.25, 0.3) is 0 Å². The summed E-state index contributed by atoms with van der Waals surface area (Å²) in [6.45, 7) is 3.14. The van der Waals surface area contributed by atoms with Crippen LogP contribution in [-0.2, 0) is 11.3 Å². The lowest BCUT2D eigenvalue weighted by Crippen LogP contribution is -2.45. The Hall–Kier alpha value is -1.68. The van der Waals surface area contributed by atoms with E-state index in [2.05, 4.69) is 42.6 Å². The largest absolute Gasteiger partial charge is 0.387 e. The first-order valence-electron chi connectivity index (χ1n) is 14.2. The molecule has 3 N–H and O–H groups in total. The van der Waals surface area contributed by atoms with Crippen LogP contribution in [0.4, 0.5) is 0 Å². The number of nitrogens with zero attached hydrogens (tertiary/aromatic N) is 1. The average Bonchev–Trinajstić information content (AvgIpc) is 2.86. The SMILES string of the molecule is CC1CCC(N)=N[C@](CCC2CCCCC2)(C[C@@H]2CCC[C@H](NCc3ccccc3)C2)C(=O)C1. The number of hydrogen-bond donors (Lipinski definition) is 2. The van der Waals surface area contributed by atoms with Crippen LogP contribution in [0.15, 0.2) is 35.3 Å². The second kappa shape index (κ2) is 12.3. The fourth-order valence-electron chi connectivity index (χ4n) is 6.77. The fourth-order valence-corrected chi connectivity index (χ4v) is 6.77. The number of rotatable bonds is 8. The van der Waals surface area contributed by atoms with E-state index in [0.717, 1.165) is 56.8 Å². The third-order valence-corrected chi connectivity index (χ3v) is 8.84. The van der Waals surface area contributed by atoms with Crippen molar-refractivity contribution in [3.63, 3.8) is 0 Å². The molecule has 2 aliphatic carbocycles. The van der Waals surface area contributed by atoms with Gasteiger partial charge in [0, 0.05) is 25.4 Å². The summed E-state index contributed by atoms with van der Waals surface area (Å²) >= 11 is 0. The van der Waals surface area contributed by atoms with Gasteiger partial charge in [-0.1, -0.05) is 82.2 Å². The number of Topliss-reactive ketones (excluding diaryl/α,β-unsaturated/α-hetero) is 1. The lowest BCUT2D eigenvalue weighted by molar-refractivity contribution is -0.126. The van der Waals surface area contributed by atoms with Crippen molar-refractivity contribution in [2.45, 2.75) is 121 Å². The molecule has 0 spiro atoms. The molecule has 2 saturated carbocycles. The Kier molecular flexibility index (Phi) is 9.22. The quantitative estimate of drug-likeness (QED) is 0.456. The summed E-state index contributed by atoms with van der Waals surface area (Å²) < 4.78 is 0. The van der Waals surface area contributed by atoms with Crippen LogP contribution in [0.3, 0.4) is 0 Å². The predicted octanol–water partition coefficient (Wildman–Crippen LogP) is 6.57. The number of hydrogen-bond acceptors (Lipinski definition) is 4. The molecule has 0 saturated heterocycles. The molecule has 4 atom stereocenters. The van der Waals surface area contributed by atoms with Crippen LogP contribution in [0.25, 0.3) is 0 Å². The van der Waals surface area contributed by atoms with Crippen molar-refractivity contribution < 1.29 is 4.79 Å². The van der Waals surface area contributed by atoms with Gasteiger partial charge in [-0.2, -0.15) is 0 Å². The zero-order valence-corrected chi connectivity index (χ0v) is 21.4. The molecule has 4 heteroatoms. The van der Waals surface area contributed by atoms with Gasteiger partial charge in [0.2, 0.25) is 0 Å². The van der Waals surface area contributed by atoms with Crippen LogP contribution in [-0.4, -0.2) is 23.2 Å². The first-order valence-corrected chi connectivity index (χ1v) is 14.2. The molecule has 34 heavy (non-hydrogen) atoms. The van der Waals surface area contributed by atoms with Crippen LogP contribution < -0.4 is 11.1 Å². The Morgan fingerprint density at radius 3 is 2.56 bits per heavy atom. The zero-order chi connectivity index (χ0) is 23.8. The van der Waals surface area contributed by atoms with Crippen LogP contribution in [0.1, 0.15) is 109 Å². The molecule has 1 unspecified atom stereocenters. The maximum Gasteiger partial charge on any atom is 0.160 e. The van der Waals surface area contributed by atoms with E-state index < -0.39 is 5.54 Å². The highest BCUT2D eigenvalue weighted by Gasteiger charge is 2.42. The maximum atomic E-state index is 13.8. The smallest absolute Gasteiger partial charge is 0.160 e. The minimum absolute atomic E-state index is 0.373. The molecule has 1 aromatic carbocycles. The predicted molar refractivity (Wildman–Crippen MR) is 142 cm³/mol. The number of ketones is 1. The first-order chi connectivity index (χ1) is 16.5. The first kappa shape index (κ1) is 25.4. The molecule has 4 nitrogen and oxygen atoms in total. The van der Waals surface area contributed by atoms with Gasteiger partial charge in [-0.15, -0.1) is 0 Å². The van der Waals surface area contributed by atoms with E-state index in [-0.39, 0.29) is 0 Å². The van der Waals surface area contributed by atoms with E-state index in [1.54, 1.807) is 0 Å². The molecule has 188 valence electrons. The van der Waals surface area contributed by atoms with Gasteiger partial charge in [0.05, 0.1) is 5.84 Å². The minimum atomic E-state index is -0.581. The topological polar surface area (TPSA) is 67.5 Å². The van der Waals surface area contributed by atoms with Crippen molar-refractivity contribution in [3.8, 4) is 0 Å². The molecule has 1 aromatic rings. The summed E-state index contributed by atoms with van der Waals surface area (Å²) in [5.41, 5.74) is 7.20. The average molecular weight is 466 g/mol. The maximum absolute atomic E-state index is 13.8. The van der Waals surface area contributed by atoms with Crippen molar-refractivity contribution in [3.05, 3.63) is 35.9 Å². The van der Waals surface area contributed by atoms with E-state index in [4.69, 9.17) is 10.7 Å². The number of benzene rings is 1. The number of nitrogens with one attached hydrogen (secondary N) is 1.